The molecule has 0 bridgehead atoms. The summed E-state index contributed by atoms with van der Waals surface area (Å²) >= 11 is 1.63. The van der Waals surface area contributed by atoms with E-state index in [-0.39, 0.29) is 11.9 Å². The molecule has 1 aliphatic carbocycles. The predicted octanol–water partition coefficient (Wildman–Crippen LogP) is 5.67. The zero-order valence-corrected chi connectivity index (χ0v) is 23.2. The third-order valence-corrected chi connectivity index (χ3v) is 10.8. The molecule has 200 valence electrons. The number of aryl methyl sites for hydroxylation is 1. The molecule has 1 amide bonds. The van der Waals surface area contributed by atoms with E-state index in [9.17, 15) is 4.79 Å². The zero-order chi connectivity index (χ0) is 25.4. The van der Waals surface area contributed by atoms with Gasteiger partial charge in [-0.05, 0) is 105 Å². The fourth-order valence-corrected chi connectivity index (χ4v) is 8.04. The lowest BCUT2D eigenvalue weighted by molar-refractivity contribution is -0.0664. The summed E-state index contributed by atoms with van der Waals surface area (Å²) in [4.78, 5) is 19.7. The number of likely N-dealkylation sites (tertiary alicyclic amines) is 2. The van der Waals surface area contributed by atoms with E-state index < -0.39 is 0 Å². The molecule has 1 aromatic heterocycles. The van der Waals surface area contributed by atoms with Crippen molar-refractivity contribution < 1.29 is 9.53 Å². The quantitative estimate of drug-likeness (QED) is 0.532. The SMILES string of the molecule is Cc1cc(-c2ccc(C3CCN(CC4CCOC(C5CCC5)C4)CC3)cc2)sc1C(=O)N1CC[C@H](N)C1. The highest BCUT2D eigenvalue weighted by atomic mass is 32.1. The van der Waals surface area contributed by atoms with Crippen molar-refractivity contribution in [1.82, 2.24) is 9.80 Å². The topological polar surface area (TPSA) is 58.8 Å². The second-order valence-corrected chi connectivity index (χ2v) is 13.2. The lowest BCUT2D eigenvalue weighted by atomic mass is 9.76. The van der Waals surface area contributed by atoms with Crippen LogP contribution in [0.1, 0.15) is 78.1 Å². The summed E-state index contributed by atoms with van der Waals surface area (Å²) < 4.78 is 6.12. The maximum atomic E-state index is 13.0. The van der Waals surface area contributed by atoms with Crippen molar-refractivity contribution in [3.63, 3.8) is 0 Å². The number of carbonyl (C=O) groups is 1. The third-order valence-electron chi connectivity index (χ3n) is 9.49. The number of amides is 1. The average Bonchev–Trinajstić information content (AvgIpc) is 3.49. The molecule has 1 aromatic carbocycles. The first-order valence-corrected chi connectivity index (χ1v) is 15.4. The van der Waals surface area contributed by atoms with Gasteiger partial charge in [0, 0.05) is 37.2 Å². The first-order valence-electron chi connectivity index (χ1n) is 14.6. The number of piperidine rings is 1. The largest absolute Gasteiger partial charge is 0.378 e. The average molecular weight is 522 g/mol. The van der Waals surface area contributed by atoms with E-state index in [2.05, 4.69) is 42.2 Å². The predicted molar refractivity (Wildman–Crippen MR) is 151 cm³/mol. The Kier molecular flexibility index (Phi) is 7.71. The molecule has 4 aliphatic rings. The van der Waals surface area contributed by atoms with Gasteiger partial charge >= 0.3 is 0 Å². The Labute approximate surface area is 226 Å². The Morgan fingerprint density at radius 1 is 1.05 bits per heavy atom. The minimum absolute atomic E-state index is 0.120. The molecule has 37 heavy (non-hydrogen) atoms. The Morgan fingerprint density at radius 2 is 1.84 bits per heavy atom. The molecule has 1 saturated carbocycles. The summed E-state index contributed by atoms with van der Waals surface area (Å²) in [5.41, 5.74) is 9.78. The molecule has 4 heterocycles. The number of ether oxygens (including phenoxy) is 1. The molecule has 3 saturated heterocycles. The van der Waals surface area contributed by atoms with Gasteiger partial charge in [-0.25, -0.2) is 0 Å². The second kappa shape index (κ2) is 11.2. The van der Waals surface area contributed by atoms with E-state index in [4.69, 9.17) is 10.5 Å². The van der Waals surface area contributed by atoms with Gasteiger partial charge in [-0.15, -0.1) is 11.3 Å². The lowest BCUT2D eigenvalue weighted by Gasteiger charge is -2.41. The molecule has 5 nitrogen and oxygen atoms in total. The summed E-state index contributed by atoms with van der Waals surface area (Å²) in [6.45, 7) is 8.17. The van der Waals surface area contributed by atoms with Crippen LogP contribution >= 0.6 is 11.3 Å². The number of nitrogens with two attached hydrogens (primary N) is 1. The van der Waals surface area contributed by atoms with Crippen LogP contribution in [-0.4, -0.2) is 67.2 Å². The first kappa shape index (κ1) is 25.5. The molecule has 3 aliphatic heterocycles. The van der Waals surface area contributed by atoms with Gasteiger partial charge < -0.3 is 20.3 Å². The second-order valence-electron chi connectivity index (χ2n) is 12.1. The minimum Gasteiger partial charge on any atom is -0.378 e. The highest BCUT2D eigenvalue weighted by Crippen LogP contribution is 2.38. The fraction of sp³-hybridized carbons (Fsp3) is 0.645. The monoisotopic (exact) mass is 521 g/mol. The van der Waals surface area contributed by atoms with Gasteiger partial charge in [0.05, 0.1) is 11.0 Å². The summed E-state index contributed by atoms with van der Waals surface area (Å²) in [5.74, 6) is 2.47. The molecule has 3 atom stereocenters. The molecule has 0 spiro atoms. The van der Waals surface area contributed by atoms with Crippen LogP contribution in [0.3, 0.4) is 0 Å². The van der Waals surface area contributed by atoms with Gasteiger partial charge in [-0.3, -0.25) is 4.79 Å². The summed E-state index contributed by atoms with van der Waals surface area (Å²) in [6, 6.07) is 11.5. The Bertz CT molecular complexity index is 1070. The summed E-state index contributed by atoms with van der Waals surface area (Å²) in [7, 11) is 0. The Balaban J connectivity index is 1.02. The minimum atomic E-state index is 0.120. The highest BCUT2D eigenvalue weighted by Gasteiger charge is 2.34. The van der Waals surface area contributed by atoms with E-state index in [1.165, 1.54) is 80.6 Å². The standard InChI is InChI=1S/C31H43N3O2S/c1-21-17-29(37-30(21)31(35)34-15-11-27(32)20-34)26-7-5-23(6-8-26)24-9-13-33(14-10-24)19-22-12-16-36-28(18-22)25-3-2-4-25/h5-8,17,22,24-25,27-28H,2-4,9-16,18-20,32H2,1H3/t22?,27-,28?/m0/s1. The molecule has 2 aromatic rings. The summed E-state index contributed by atoms with van der Waals surface area (Å²) in [5, 5.41) is 0. The molecule has 0 radical (unpaired) electrons. The molecule has 6 heteroatoms. The van der Waals surface area contributed by atoms with Crippen molar-refractivity contribution in [2.75, 3.05) is 39.3 Å². The highest BCUT2D eigenvalue weighted by molar-refractivity contribution is 7.17. The van der Waals surface area contributed by atoms with Crippen molar-refractivity contribution in [2.24, 2.45) is 17.6 Å². The number of thiophene rings is 1. The maximum absolute atomic E-state index is 13.0. The van der Waals surface area contributed by atoms with Crippen LogP contribution in [0.5, 0.6) is 0 Å². The molecule has 6 rings (SSSR count). The number of hydrogen-bond donors (Lipinski definition) is 1. The van der Waals surface area contributed by atoms with Crippen molar-refractivity contribution in [1.29, 1.82) is 0 Å². The van der Waals surface area contributed by atoms with Gasteiger partial charge in [0.15, 0.2) is 0 Å². The number of rotatable bonds is 6. The number of carbonyl (C=O) groups excluding carboxylic acids is 1. The van der Waals surface area contributed by atoms with E-state index in [1.807, 2.05) is 4.90 Å². The normalized spacial score (nSPS) is 27.9. The van der Waals surface area contributed by atoms with Crippen LogP contribution in [0.4, 0.5) is 0 Å². The Morgan fingerprint density at radius 3 is 2.51 bits per heavy atom. The van der Waals surface area contributed by atoms with Gasteiger partial charge in [-0.1, -0.05) is 30.7 Å². The van der Waals surface area contributed by atoms with Crippen LogP contribution in [0.15, 0.2) is 30.3 Å². The molecule has 2 N–H and O–H groups in total. The number of nitrogens with zero attached hydrogens (tertiary/aromatic N) is 2. The van der Waals surface area contributed by atoms with Crippen molar-refractivity contribution >= 4 is 17.2 Å². The van der Waals surface area contributed by atoms with E-state index >= 15 is 0 Å². The van der Waals surface area contributed by atoms with E-state index in [0.717, 1.165) is 41.8 Å². The molecular formula is C31H43N3O2S. The van der Waals surface area contributed by atoms with E-state index in [0.29, 0.717) is 18.6 Å². The molecular weight excluding hydrogens is 478 g/mol. The first-order chi connectivity index (χ1) is 18.0. The van der Waals surface area contributed by atoms with Crippen LogP contribution < -0.4 is 5.73 Å². The van der Waals surface area contributed by atoms with Crippen molar-refractivity contribution in [3.05, 3.63) is 46.3 Å². The number of hydrogen-bond acceptors (Lipinski definition) is 5. The third kappa shape index (κ3) is 5.68. The van der Waals surface area contributed by atoms with Crippen molar-refractivity contribution in [3.8, 4) is 10.4 Å². The molecule has 2 unspecified atom stereocenters. The number of benzene rings is 1. The maximum Gasteiger partial charge on any atom is 0.264 e. The van der Waals surface area contributed by atoms with Crippen LogP contribution in [0.2, 0.25) is 0 Å². The van der Waals surface area contributed by atoms with Crippen molar-refractivity contribution in [2.45, 2.75) is 76.4 Å². The summed E-state index contributed by atoms with van der Waals surface area (Å²) in [6.07, 6.45) is 10.7. The Hall–Kier alpha value is -1.73. The smallest absolute Gasteiger partial charge is 0.264 e. The lowest BCUT2D eigenvalue weighted by Crippen LogP contribution is -2.41. The zero-order valence-electron chi connectivity index (χ0n) is 22.4. The molecule has 4 fully saturated rings. The van der Waals surface area contributed by atoms with E-state index in [1.54, 1.807) is 11.3 Å². The van der Waals surface area contributed by atoms with Crippen LogP contribution in [-0.2, 0) is 4.74 Å². The van der Waals surface area contributed by atoms with Gasteiger partial charge in [0.25, 0.3) is 5.91 Å². The van der Waals surface area contributed by atoms with Gasteiger partial charge in [0.1, 0.15) is 0 Å². The van der Waals surface area contributed by atoms with Gasteiger partial charge in [-0.2, -0.15) is 0 Å². The fourth-order valence-electron chi connectivity index (χ4n) is 6.89. The van der Waals surface area contributed by atoms with Gasteiger partial charge in [0.2, 0.25) is 0 Å². The van der Waals surface area contributed by atoms with Crippen LogP contribution in [0.25, 0.3) is 10.4 Å². The van der Waals surface area contributed by atoms with Crippen LogP contribution in [0, 0.1) is 18.8 Å².